The first kappa shape index (κ1) is 26.0. The first-order valence-corrected chi connectivity index (χ1v) is 11.4. The Labute approximate surface area is 210 Å². The monoisotopic (exact) mass is 518 g/mol. The molecular formula is C25H25F3N4O5. The van der Waals surface area contributed by atoms with E-state index in [0.29, 0.717) is 36.7 Å². The summed E-state index contributed by atoms with van der Waals surface area (Å²) in [6, 6.07) is 9.19. The van der Waals surface area contributed by atoms with Crippen LogP contribution in [0.3, 0.4) is 0 Å². The van der Waals surface area contributed by atoms with Gasteiger partial charge in [0.2, 0.25) is 5.91 Å². The van der Waals surface area contributed by atoms with E-state index in [-0.39, 0.29) is 41.6 Å². The Morgan fingerprint density at radius 3 is 2.41 bits per heavy atom. The van der Waals surface area contributed by atoms with Crippen molar-refractivity contribution >= 4 is 11.8 Å². The highest BCUT2D eigenvalue weighted by Crippen LogP contribution is 2.32. The molecule has 196 valence electrons. The minimum Gasteiger partial charge on any atom is -0.497 e. The molecule has 1 atom stereocenters. The molecule has 1 unspecified atom stereocenters. The zero-order valence-corrected chi connectivity index (χ0v) is 20.4. The number of amides is 2. The van der Waals surface area contributed by atoms with E-state index >= 15 is 0 Å². The highest BCUT2D eigenvalue weighted by molar-refractivity contribution is 5.95. The molecule has 9 nitrogen and oxygen atoms in total. The maximum atomic E-state index is 13.1. The molecule has 0 saturated carbocycles. The van der Waals surface area contributed by atoms with Crippen molar-refractivity contribution < 1.29 is 36.8 Å². The standard InChI is InChI=1S/C25H25F3N4O5/c1-15-14-31(7-8-32(15)24(34)17-10-19(35-2)12-20(11-17)36-3)22(33)13-21-29-23(37-30-21)16-5-4-6-18(9-16)25(26,27)28/h4-6,9-12,15H,7-8,13-14H2,1-3H3. The van der Waals surface area contributed by atoms with Crippen molar-refractivity contribution in [3.63, 3.8) is 0 Å². The van der Waals surface area contributed by atoms with Crippen LogP contribution < -0.4 is 9.47 Å². The average molecular weight is 518 g/mol. The van der Waals surface area contributed by atoms with Gasteiger partial charge in [-0.3, -0.25) is 9.59 Å². The van der Waals surface area contributed by atoms with E-state index in [2.05, 4.69) is 10.1 Å². The number of hydrogen-bond donors (Lipinski definition) is 0. The number of ether oxygens (including phenoxy) is 2. The van der Waals surface area contributed by atoms with Gasteiger partial charge in [0.1, 0.15) is 11.5 Å². The number of piperazine rings is 1. The minimum absolute atomic E-state index is 0.0621. The van der Waals surface area contributed by atoms with Crippen LogP contribution in [0.15, 0.2) is 47.0 Å². The molecule has 1 aromatic heterocycles. The van der Waals surface area contributed by atoms with Crippen LogP contribution in [-0.2, 0) is 17.4 Å². The molecule has 0 radical (unpaired) electrons. The molecule has 4 rings (SSSR count). The lowest BCUT2D eigenvalue weighted by Crippen LogP contribution is -2.55. The Morgan fingerprint density at radius 2 is 1.78 bits per heavy atom. The van der Waals surface area contributed by atoms with Gasteiger partial charge in [0.25, 0.3) is 11.8 Å². The number of methoxy groups -OCH3 is 2. The summed E-state index contributed by atoms with van der Waals surface area (Å²) in [5, 5.41) is 3.75. The molecule has 1 saturated heterocycles. The van der Waals surface area contributed by atoms with Gasteiger partial charge in [-0.1, -0.05) is 11.2 Å². The topological polar surface area (TPSA) is 98.0 Å². The quantitative estimate of drug-likeness (QED) is 0.491. The van der Waals surface area contributed by atoms with Gasteiger partial charge in [-0.25, -0.2) is 0 Å². The molecule has 2 amide bonds. The number of carbonyl (C=O) groups excluding carboxylic acids is 2. The zero-order valence-electron chi connectivity index (χ0n) is 20.4. The summed E-state index contributed by atoms with van der Waals surface area (Å²) in [7, 11) is 3.00. The van der Waals surface area contributed by atoms with Crippen LogP contribution in [-0.4, -0.2) is 71.7 Å². The fourth-order valence-electron chi connectivity index (χ4n) is 4.10. The van der Waals surface area contributed by atoms with Gasteiger partial charge in [-0.15, -0.1) is 0 Å². The first-order valence-electron chi connectivity index (χ1n) is 11.4. The Hall–Kier alpha value is -4.09. The van der Waals surface area contributed by atoms with E-state index < -0.39 is 11.7 Å². The van der Waals surface area contributed by atoms with Gasteiger partial charge >= 0.3 is 6.18 Å². The van der Waals surface area contributed by atoms with E-state index in [9.17, 15) is 22.8 Å². The summed E-state index contributed by atoms with van der Waals surface area (Å²) in [4.78, 5) is 33.4. The number of nitrogens with zero attached hydrogens (tertiary/aromatic N) is 4. The summed E-state index contributed by atoms with van der Waals surface area (Å²) in [6.07, 6.45) is -4.69. The molecule has 1 aliphatic rings. The van der Waals surface area contributed by atoms with E-state index in [4.69, 9.17) is 14.0 Å². The number of alkyl halides is 3. The van der Waals surface area contributed by atoms with Crippen molar-refractivity contribution in [3.8, 4) is 23.0 Å². The van der Waals surface area contributed by atoms with Crippen molar-refractivity contribution in [2.24, 2.45) is 0 Å². The van der Waals surface area contributed by atoms with Crippen LogP contribution >= 0.6 is 0 Å². The smallest absolute Gasteiger partial charge is 0.416 e. The zero-order chi connectivity index (χ0) is 26.7. The van der Waals surface area contributed by atoms with E-state index in [1.165, 1.54) is 26.4 Å². The summed E-state index contributed by atoms with van der Waals surface area (Å²) < 4.78 is 54.5. The van der Waals surface area contributed by atoms with Gasteiger partial charge in [-0.05, 0) is 37.3 Å². The van der Waals surface area contributed by atoms with Crippen LogP contribution in [0, 0.1) is 0 Å². The van der Waals surface area contributed by atoms with E-state index in [0.717, 1.165) is 12.1 Å². The Bertz CT molecular complexity index is 1270. The predicted molar refractivity (Wildman–Crippen MR) is 125 cm³/mol. The molecule has 3 aromatic rings. The van der Waals surface area contributed by atoms with Crippen molar-refractivity contribution in [3.05, 3.63) is 59.4 Å². The molecule has 1 aliphatic heterocycles. The fourth-order valence-corrected chi connectivity index (χ4v) is 4.10. The fraction of sp³-hybridized carbons (Fsp3) is 0.360. The molecule has 37 heavy (non-hydrogen) atoms. The van der Waals surface area contributed by atoms with Crippen molar-refractivity contribution in [1.29, 1.82) is 0 Å². The maximum absolute atomic E-state index is 13.1. The van der Waals surface area contributed by atoms with Crippen LogP contribution in [0.5, 0.6) is 11.5 Å². The first-order chi connectivity index (χ1) is 17.6. The lowest BCUT2D eigenvalue weighted by molar-refractivity contribution is -0.137. The summed E-state index contributed by atoms with van der Waals surface area (Å²) >= 11 is 0. The molecule has 2 heterocycles. The number of aromatic nitrogens is 2. The van der Waals surface area contributed by atoms with Crippen molar-refractivity contribution in [2.45, 2.75) is 25.6 Å². The third-order valence-corrected chi connectivity index (χ3v) is 6.05. The summed E-state index contributed by atoms with van der Waals surface area (Å²) in [5.41, 5.74) is -0.317. The summed E-state index contributed by atoms with van der Waals surface area (Å²) in [5.74, 6) is 0.458. The Kier molecular flexibility index (Phi) is 7.37. The molecule has 1 fully saturated rings. The SMILES string of the molecule is COc1cc(OC)cc(C(=O)N2CCN(C(=O)Cc3noc(-c4cccc(C(F)(F)F)c4)n3)CC2C)c1. The van der Waals surface area contributed by atoms with E-state index in [1.54, 1.807) is 28.0 Å². The molecular weight excluding hydrogens is 493 g/mol. The van der Waals surface area contributed by atoms with Gasteiger partial charge in [0.05, 0.1) is 26.2 Å². The van der Waals surface area contributed by atoms with Gasteiger partial charge < -0.3 is 23.8 Å². The third-order valence-electron chi connectivity index (χ3n) is 6.05. The lowest BCUT2D eigenvalue weighted by Gasteiger charge is -2.40. The van der Waals surface area contributed by atoms with Crippen molar-refractivity contribution in [2.75, 3.05) is 33.9 Å². The number of hydrogen-bond acceptors (Lipinski definition) is 7. The predicted octanol–water partition coefficient (Wildman–Crippen LogP) is 3.69. The Morgan fingerprint density at radius 1 is 1.08 bits per heavy atom. The van der Waals surface area contributed by atoms with Crippen LogP contribution in [0.25, 0.3) is 11.5 Å². The highest BCUT2D eigenvalue weighted by atomic mass is 19.4. The number of halogens is 3. The molecule has 12 heteroatoms. The molecule has 0 N–H and O–H groups in total. The van der Waals surface area contributed by atoms with Crippen LogP contribution in [0.2, 0.25) is 0 Å². The Balaban J connectivity index is 1.39. The number of benzene rings is 2. The largest absolute Gasteiger partial charge is 0.497 e. The van der Waals surface area contributed by atoms with Crippen LogP contribution in [0.4, 0.5) is 13.2 Å². The number of carbonyl (C=O) groups is 2. The second-order valence-corrected chi connectivity index (χ2v) is 8.56. The van der Waals surface area contributed by atoms with Gasteiger partial charge in [-0.2, -0.15) is 18.2 Å². The van der Waals surface area contributed by atoms with Gasteiger partial charge in [0, 0.05) is 42.9 Å². The van der Waals surface area contributed by atoms with Gasteiger partial charge in [0.15, 0.2) is 5.82 Å². The van der Waals surface area contributed by atoms with Crippen molar-refractivity contribution in [1.82, 2.24) is 19.9 Å². The minimum atomic E-state index is -4.51. The third kappa shape index (κ3) is 5.84. The molecule has 0 bridgehead atoms. The van der Waals surface area contributed by atoms with E-state index in [1.807, 2.05) is 6.92 Å². The second kappa shape index (κ2) is 10.5. The maximum Gasteiger partial charge on any atom is 0.416 e. The highest BCUT2D eigenvalue weighted by Gasteiger charge is 2.32. The average Bonchev–Trinajstić information content (AvgIpc) is 3.36. The normalized spacial score (nSPS) is 16.0. The molecule has 2 aromatic carbocycles. The number of rotatable bonds is 6. The van der Waals surface area contributed by atoms with Crippen LogP contribution in [0.1, 0.15) is 28.7 Å². The second-order valence-electron chi connectivity index (χ2n) is 8.56. The molecule has 0 spiro atoms. The molecule has 0 aliphatic carbocycles. The lowest BCUT2D eigenvalue weighted by atomic mass is 10.1. The summed E-state index contributed by atoms with van der Waals surface area (Å²) in [6.45, 7) is 2.75.